The third kappa shape index (κ3) is 2.27. The SMILES string of the molecule is CCC(CC)N1C[C@]23C=C[C@H](O2)[C@H](C(=O)N2CCc4[nH]ncc4C2)[C@@H]3C1=O. The third-order valence-electron chi connectivity index (χ3n) is 6.91. The Morgan fingerprint density at radius 3 is 3.04 bits per heavy atom. The molecule has 5 heterocycles. The monoisotopic (exact) mass is 370 g/mol. The molecule has 7 heteroatoms. The maximum atomic E-state index is 13.4. The molecule has 2 fully saturated rings. The van der Waals surface area contributed by atoms with Crippen molar-refractivity contribution in [1.82, 2.24) is 20.0 Å². The van der Waals surface area contributed by atoms with Gasteiger partial charge in [-0.15, -0.1) is 0 Å². The van der Waals surface area contributed by atoms with E-state index >= 15 is 0 Å². The van der Waals surface area contributed by atoms with Crippen molar-refractivity contribution in [2.45, 2.75) is 57.4 Å². The molecule has 144 valence electrons. The van der Waals surface area contributed by atoms with Gasteiger partial charge < -0.3 is 14.5 Å². The highest BCUT2D eigenvalue weighted by molar-refractivity contribution is 5.93. The summed E-state index contributed by atoms with van der Waals surface area (Å²) in [4.78, 5) is 30.6. The van der Waals surface area contributed by atoms with Crippen molar-refractivity contribution in [2.75, 3.05) is 13.1 Å². The fourth-order valence-corrected chi connectivity index (χ4v) is 5.47. The maximum absolute atomic E-state index is 13.4. The molecule has 1 spiro atoms. The van der Waals surface area contributed by atoms with Crippen LogP contribution in [0.1, 0.15) is 37.9 Å². The van der Waals surface area contributed by atoms with Crippen molar-refractivity contribution in [2.24, 2.45) is 11.8 Å². The molecule has 2 saturated heterocycles. The average molecular weight is 370 g/mol. The van der Waals surface area contributed by atoms with Gasteiger partial charge in [0.25, 0.3) is 0 Å². The zero-order chi connectivity index (χ0) is 18.8. The van der Waals surface area contributed by atoms with Gasteiger partial charge in [-0.2, -0.15) is 5.10 Å². The maximum Gasteiger partial charge on any atom is 0.230 e. The molecule has 4 aliphatic rings. The number of carbonyl (C=O) groups is 2. The first-order chi connectivity index (χ1) is 13.1. The van der Waals surface area contributed by atoms with Crippen molar-refractivity contribution in [3.05, 3.63) is 29.6 Å². The molecule has 0 aromatic carbocycles. The number of ether oxygens (including phenoxy) is 1. The molecule has 0 unspecified atom stereocenters. The van der Waals surface area contributed by atoms with Gasteiger partial charge in [0, 0.05) is 36.8 Å². The summed E-state index contributed by atoms with van der Waals surface area (Å²) < 4.78 is 6.26. The molecule has 7 nitrogen and oxygen atoms in total. The van der Waals surface area contributed by atoms with Crippen LogP contribution in [-0.2, 0) is 27.3 Å². The van der Waals surface area contributed by atoms with Crippen molar-refractivity contribution in [3.8, 4) is 0 Å². The Bertz CT molecular complexity index is 814. The second-order valence-electron chi connectivity index (χ2n) is 8.22. The van der Waals surface area contributed by atoms with Gasteiger partial charge in [-0.05, 0) is 12.8 Å². The van der Waals surface area contributed by atoms with E-state index in [0.29, 0.717) is 19.6 Å². The van der Waals surface area contributed by atoms with E-state index in [1.165, 1.54) is 0 Å². The molecule has 0 saturated carbocycles. The second kappa shape index (κ2) is 5.92. The van der Waals surface area contributed by atoms with Gasteiger partial charge in [-0.1, -0.05) is 26.0 Å². The Hall–Kier alpha value is -2.15. The number of H-pyrrole nitrogens is 1. The van der Waals surface area contributed by atoms with Crippen molar-refractivity contribution < 1.29 is 14.3 Å². The van der Waals surface area contributed by atoms with E-state index in [-0.39, 0.29) is 29.9 Å². The van der Waals surface area contributed by atoms with Crippen LogP contribution >= 0.6 is 0 Å². The van der Waals surface area contributed by atoms with E-state index < -0.39 is 11.5 Å². The third-order valence-corrected chi connectivity index (χ3v) is 6.91. The fourth-order valence-electron chi connectivity index (χ4n) is 5.47. The normalized spacial score (nSPS) is 33.9. The lowest BCUT2D eigenvalue weighted by Crippen LogP contribution is -2.47. The number of nitrogens with one attached hydrogen (secondary N) is 1. The van der Waals surface area contributed by atoms with Gasteiger partial charge in [0.05, 0.1) is 30.7 Å². The molecule has 4 aliphatic heterocycles. The van der Waals surface area contributed by atoms with Crippen LogP contribution in [0.2, 0.25) is 0 Å². The van der Waals surface area contributed by atoms with Gasteiger partial charge in [0.15, 0.2) is 0 Å². The number of hydrogen-bond donors (Lipinski definition) is 1. The van der Waals surface area contributed by atoms with Gasteiger partial charge >= 0.3 is 0 Å². The first kappa shape index (κ1) is 17.0. The summed E-state index contributed by atoms with van der Waals surface area (Å²) in [5.41, 5.74) is 1.57. The molecular weight excluding hydrogens is 344 g/mol. The Balaban J connectivity index is 1.42. The van der Waals surface area contributed by atoms with Crippen LogP contribution < -0.4 is 0 Å². The molecule has 1 aromatic heterocycles. The zero-order valence-electron chi connectivity index (χ0n) is 15.9. The quantitative estimate of drug-likeness (QED) is 0.810. The van der Waals surface area contributed by atoms with E-state index in [9.17, 15) is 9.59 Å². The molecule has 4 atom stereocenters. The average Bonchev–Trinajstić information content (AvgIpc) is 3.43. The van der Waals surface area contributed by atoms with Crippen LogP contribution in [0.25, 0.3) is 0 Å². The molecule has 27 heavy (non-hydrogen) atoms. The van der Waals surface area contributed by atoms with Gasteiger partial charge in [0.1, 0.15) is 5.60 Å². The molecule has 2 amide bonds. The highest BCUT2D eigenvalue weighted by atomic mass is 16.5. The Labute approximate surface area is 158 Å². The lowest BCUT2D eigenvalue weighted by molar-refractivity contribution is -0.144. The Morgan fingerprint density at radius 1 is 1.44 bits per heavy atom. The van der Waals surface area contributed by atoms with Crippen molar-refractivity contribution in [3.63, 3.8) is 0 Å². The van der Waals surface area contributed by atoms with Gasteiger partial charge in [-0.3, -0.25) is 14.7 Å². The van der Waals surface area contributed by atoms with E-state index in [4.69, 9.17) is 4.74 Å². The summed E-state index contributed by atoms with van der Waals surface area (Å²) in [5, 5.41) is 7.09. The minimum absolute atomic E-state index is 0.0443. The van der Waals surface area contributed by atoms with E-state index in [1.807, 2.05) is 22.0 Å². The second-order valence-corrected chi connectivity index (χ2v) is 8.22. The highest BCUT2D eigenvalue weighted by Crippen LogP contribution is 2.53. The number of nitrogens with zero attached hydrogens (tertiary/aromatic N) is 3. The largest absolute Gasteiger partial charge is 0.360 e. The Kier molecular flexibility index (Phi) is 3.73. The molecule has 0 radical (unpaired) electrons. The van der Waals surface area contributed by atoms with Crippen LogP contribution in [0.4, 0.5) is 0 Å². The Morgan fingerprint density at radius 2 is 2.26 bits per heavy atom. The molecule has 1 N–H and O–H groups in total. The minimum atomic E-state index is -0.610. The number of rotatable bonds is 4. The lowest BCUT2D eigenvalue weighted by Gasteiger charge is -2.32. The number of hydrogen-bond acceptors (Lipinski definition) is 4. The van der Waals surface area contributed by atoms with Gasteiger partial charge in [0.2, 0.25) is 11.8 Å². The van der Waals surface area contributed by atoms with Crippen molar-refractivity contribution >= 4 is 11.8 Å². The minimum Gasteiger partial charge on any atom is -0.360 e. The van der Waals surface area contributed by atoms with E-state index in [0.717, 1.165) is 30.5 Å². The lowest BCUT2D eigenvalue weighted by atomic mass is 9.76. The summed E-state index contributed by atoms with van der Waals surface area (Å²) >= 11 is 0. The molecule has 0 aliphatic carbocycles. The molecule has 5 rings (SSSR count). The van der Waals surface area contributed by atoms with Crippen LogP contribution in [-0.4, -0.2) is 62.6 Å². The van der Waals surface area contributed by atoms with Crippen LogP contribution in [0.15, 0.2) is 18.3 Å². The number of aromatic amines is 1. The number of aromatic nitrogens is 2. The zero-order valence-corrected chi connectivity index (χ0v) is 15.9. The summed E-state index contributed by atoms with van der Waals surface area (Å²) in [6.45, 7) is 6.01. The number of carbonyl (C=O) groups excluding carboxylic acids is 2. The van der Waals surface area contributed by atoms with Crippen LogP contribution in [0.5, 0.6) is 0 Å². The van der Waals surface area contributed by atoms with E-state index in [2.05, 4.69) is 24.0 Å². The smallest absolute Gasteiger partial charge is 0.230 e. The van der Waals surface area contributed by atoms with Gasteiger partial charge in [-0.25, -0.2) is 0 Å². The fraction of sp³-hybridized carbons (Fsp3) is 0.650. The highest BCUT2D eigenvalue weighted by Gasteiger charge is 2.67. The summed E-state index contributed by atoms with van der Waals surface area (Å²) in [5.74, 6) is -0.653. The number of fused-ring (bicyclic) bond motifs is 2. The van der Waals surface area contributed by atoms with E-state index in [1.54, 1.807) is 6.20 Å². The number of likely N-dealkylation sites (tertiary alicyclic amines) is 1. The van der Waals surface area contributed by atoms with Crippen LogP contribution in [0, 0.1) is 11.8 Å². The topological polar surface area (TPSA) is 78.5 Å². The first-order valence-electron chi connectivity index (χ1n) is 10.1. The first-order valence-corrected chi connectivity index (χ1v) is 10.1. The predicted molar refractivity (Wildman–Crippen MR) is 97.5 cm³/mol. The summed E-state index contributed by atoms with van der Waals surface area (Å²) in [7, 11) is 0. The summed E-state index contributed by atoms with van der Waals surface area (Å²) in [6.07, 6.45) is 8.17. The predicted octanol–water partition coefficient (Wildman–Crippen LogP) is 1.26. The molecule has 2 bridgehead atoms. The van der Waals surface area contributed by atoms with Crippen molar-refractivity contribution in [1.29, 1.82) is 0 Å². The summed E-state index contributed by atoms with van der Waals surface area (Å²) in [6, 6.07) is 0.216. The molecular formula is C20H26N4O3. The standard InChI is InChI=1S/C20H26N4O3/c1-3-13(4-2)24-11-20-7-5-15(27-20)16(17(20)19(24)26)18(25)23-8-6-14-12(10-23)9-21-22-14/h5,7,9,13,15-17H,3-4,6,8,10-11H2,1-2H3,(H,21,22)/t15-,16-,17+,20-/m0/s1. The molecule has 1 aromatic rings. The van der Waals surface area contributed by atoms with Crippen LogP contribution in [0.3, 0.4) is 0 Å². The number of amides is 2.